The molecule has 138 valence electrons. The first-order chi connectivity index (χ1) is 12.5. The number of rotatable bonds is 6. The summed E-state index contributed by atoms with van der Waals surface area (Å²) < 4.78 is 5.79. The molecule has 5 heteroatoms. The van der Waals surface area contributed by atoms with Crippen LogP contribution in [0.4, 0.5) is 0 Å². The Kier molecular flexibility index (Phi) is 5.71. The molecule has 0 unspecified atom stereocenters. The molecular weight excluding hydrogens is 330 g/mol. The Hall–Kier alpha value is -2.21. The first kappa shape index (κ1) is 18.6. The fourth-order valence-corrected chi connectivity index (χ4v) is 3.35. The third-order valence-corrected chi connectivity index (χ3v) is 4.81. The predicted octanol–water partition coefficient (Wildman–Crippen LogP) is 2.78. The monoisotopic (exact) mass is 355 g/mol. The van der Waals surface area contributed by atoms with Crippen molar-refractivity contribution in [2.24, 2.45) is 0 Å². The zero-order valence-electron chi connectivity index (χ0n) is 15.1. The lowest BCUT2D eigenvalue weighted by atomic mass is 9.91. The van der Waals surface area contributed by atoms with Gasteiger partial charge in [-0.3, -0.25) is 10.1 Å². The molecule has 1 aliphatic heterocycles. The highest BCUT2D eigenvalue weighted by molar-refractivity contribution is 5.75. The van der Waals surface area contributed by atoms with E-state index in [0.717, 1.165) is 5.56 Å². The molecule has 1 saturated heterocycles. The van der Waals surface area contributed by atoms with Crippen molar-refractivity contribution < 1.29 is 19.7 Å². The lowest BCUT2D eigenvalue weighted by Crippen LogP contribution is -2.40. The number of carboxylic acid groups (broad SMARTS) is 1. The Labute approximate surface area is 153 Å². The van der Waals surface area contributed by atoms with Gasteiger partial charge in [0.25, 0.3) is 0 Å². The van der Waals surface area contributed by atoms with Crippen molar-refractivity contribution >= 4 is 5.97 Å². The van der Waals surface area contributed by atoms with Crippen LogP contribution in [0.5, 0.6) is 0 Å². The molecule has 0 amide bonds. The third kappa shape index (κ3) is 3.96. The normalized spacial score (nSPS) is 22.7. The largest absolute Gasteiger partial charge is 0.480 e. The van der Waals surface area contributed by atoms with Crippen LogP contribution in [0.1, 0.15) is 30.9 Å². The van der Waals surface area contributed by atoms with E-state index in [1.54, 1.807) is 0 Å². The Morgan fingerprint density at radius 2 is 1.96 bits per heavy atom. The molecule has 2 aromatic rings. The average molecular weight is 355 g/mol. The lowest BCUT2D eigenvalue weighted by Gasteiger charge is -2.18. The van der Waals surface area contributed by atoms with Gasteiger partial charge < -0.3 is 14.9 Å². The van der Waals surface area contributed by atoms with Crippen LogP contribution in [-0.2, 0) is 16.1 Å². The highest BCUT2D eigenvalue weighted by Crippen LogP contribution is 2.30. The van der Waals surface area contributed by atoms with Gasteiger partial charge in [-0.05, 0) is 28.2 Å². The summed E-state index contributed by atoms with van der Waals surface area (Å²) in [4.78, 5) is 11.0. The number of aliphatic hydroxyl groups excluding tert-OH is 1. The van der Waals surface area contributed by atoms with Gasteiger partial charge in [-0.1, -0.05) is 62.4 Å². The molecule has 5 nitrogen and oxygen atoms in total. The van der Waals surface area contributed by atoms with Crippen LogP contribution in [0.3, 0.4) is 0 Å². The van der Waals surface area contributed by atoms with Gasteiger partial charge in [-0.15, -0.1) is 0 Å². The first-order valence-electron chi connectivity index (χ1n) is 8.91. The van der Waals surface area contributed by atoms with E-state index in [1.807, 2.05) is 24.3 Å². The minimum Gasteiger partial charge on any atom is -0.480 e. The van der Waals surface area contributed by atoms with E-state index in [1.165, 1.54) is 16.7 Å². The van der Waals surface area contributed by atoms with Crippen molar-refractivity contribution in [1.82, 2.24) is 5.32 Å². The van der Waals surface area contributed by atoms with Gasteiger partial charge in [0.05, 0.1) is 12.7 Å². The van der Waals surface area contributed by atoms with Crippen LogP contribution in [-0.4, -0.2) is 41.0 Å². The van der Waals surface area contributed by atoms with E-state index < -0.39 is 24.2 Å². The minimum atomic E-state index is -1.06. The smallest absolute Gasteiger partial charge is 0.323 e. The number of benzene rings is 2. The second-order valence-corrected chi connectivity index (χ2v) is 7.01. The van der Waals surface area contributed by atoms with Gasteiger partial charge in [0, 0.05) is 6.54 Å². The summed E-state index contributed by atoms with van der Waals surface area (Å²) in [5.74, 6) is -0.696. The maximum absolute atomic E-state index is 11.0. The molecule has 1 fully saturated rings. The molecule has 3 N–H and O–H groups in total. The molecule has 0 radical (unpaired) electrons. The second-order valence-electron chi connectivity index (χ2n) is 7.01. The number of carbonyl (C=O) groups is 1. The summed E-state index contributed by atoms with van der Waals surface area (Å²) in [5.41, 5.74) is 4.64. The Morgan fingerprint density at radius 1 is 1.23 bits per heavy atom. The van der Waals surface area contributed by atoms with Crippen molar-refractivity contribution in [2.45, 2.75) is 44.6 Å². The summed E-state index contributed by atoms with van der Waals surface area (Å²) >= 11 is 0. The molecule has 3 atom stereocenters. The van der Waals surface area contributed by atoms with E-state index in [0.29, 0.717) is 19.1 Å². The second kappa shape index (κ2) is 7.99. The van der Waals surface area contributed by atoms with Gasteiger partial charge in [0.15, 0.2) is 0 Å². The minimum absolute atomic E-state index is 0.331. The van der Waals surface area contributed by atoms with Crippen LogP contribution in [0.2, 0.25) is 0 Å². The maximum Gasteiger partial charge on any atom is 0.323 e. The topological polar surface area (TPSA) is 78.8 Å². The Balaban J connectivity index is 1.74. The number of ether oxygens (including phenoxy) is 1. The SMILES string of the molecule is CC(C)c1cc(CO[C@H]2CN[C@@H](C(=O)O)[C@@H]2O)ccc1-c1ccccc1. The number of aliphatic hydroxyl groups is 1. The molecule has 0 saturated carbocycles. The average Bonchev–Trinajstić information content (AvgIpc) is 3.01. The molecule has 3 rings (SSSR count). The predicted molar refractivity (Wildman–Crippen MR) is 100.0 cm³/mol. The van der Waals surface area contributed by atoms with Crippen molar-refractivity contribution in [1.29, 1.82) is 0 Å². The van der Waals surface area contributed by atoms with Gasteiger partial charge in [0.1, 0.15) is 12.1 Å². The van der Waals surface area contributed by atoms with Crippen LogP contribution >= 0.6 is 0 Å². The maximum atomic E-state index is 11.0. The van der Waals surface area contributed by atoms with Gasteiger partial charge >= 0.3 is 5.97 Å². The van der Waals surface area contributed by atoms with Crippen LogP contribution in [0.25, 0.3) is 11.1 Å². The number of nitrogens with one attached hydrogen (secondary N) is 1. The van der Waals surface area contributed by atoms with Crippen molar-refractivity contribution in [3.05, 3.63) is 59.7 Å². The third-order valence-electron chi connectivity index (χ3n) is 4.81. The molecule has 0 spiro atoms. The number of carboxylic acids is 1. The zero-order chi connectivity index (χ0) is 18.7. The summed E-state index contributed by atoms with van der Waals surface area (Å²) in [6.07, 6.45) is -1.56. The van der Waals surface area contributed by atoms with Gasteiger partial charge in [0.2, 0.25) is 0 Å². The van der Waals surface area contributed by atoms with Crippen molar-refractivity contribution in [3.8, 4) is 11.1 Å². The number of hydrogen-bond donors (Lipinski definition) is 3. The lowest BCUT2D eigenvalue weighted by molar-refractivity contribution is -0.142. The fraction of sp³-hybridized carbons (Fsp3) is 0.381. The summed E-state index contributed by atoms with van der Waals surface area (Å²) in [7, 11) is 0. The van der Waals surface area contributed by atoms with E-state index in [2.05, 4.69) is 43.4 Å². The Morgan fingerprint density at radius 3 is 2.58 bits per heavy atom. The molecule has 1 aliphatic rings. The van der Waals surface area contributed by atoms with Crippen LogP contribution in [0, 0.1) is 0 Å². The van der Waals surface area contributed by atoms with Gasteiger partial charge in [-0.25, -0.2) is 0 Å². The van der Waals surface area contributed by atoms with Gasteiger partial charge in [-0.2, -0.15) is 0 Å². The summed E-state index contributed by atoms with van der Waals surface area (Å²) in [6, 6.07) is 15.6. The summed E-state index contributed by atoms with van der Waals surface area (Å²) in [6.45, 7) is 4.99. The quantitative estimate of drug-likeness (QED) is 0.743. The van der Waals surface area contributed by atoms with E-state index >= 15 is 0 Å². The molecule has 26 heavy (non-hydrogen) atoms. The highest BCUT2D eigenvalue weighted by Gasteiger charge is 2.39. The molecule has 0 aliphatic carbocycles. The fourth-order valence-electron chi connectivity index (χ4n) is 3.35. The molecule has 2 aromatic carbocycles. The molecule has 0 bridgehead atoms. The molecule has 1 heterocycles. The molecular formula is C21H25NO4. The van der Waals surface area contributed by atoms with E-state index in [-0.39, 0.29) is 0 Å². The standard InChI is InChI=1S/C21H25NO4/c1-13(2)17-10-14(8-9-16(17)15-6-4-3-5-7-15)12-26-18-11-22-19(20(18)23)21(24)25/h3-10,13,18-20,22-23H,11-12H2,1-2H3,(H,24,25)/t18-,19+,20+/m0/s1. The van der Waals surface area contributed by atoms with Crippen LogP contribution < -0.4 is 5.32 Å². The van der Waals surface area contributed by atoms with E-state index in [4.69, 9.17) is 9.84 Å². The van der Waals surface area contributed by atoms with Crippen molar-refractivity contribution in [3.63, 3.8) is 0 Å². The number of aliphatic carboxylic acids is 1. The van der Waals surface area contributed by atoms with Crippen LogP contribution in [0.15, 0.2) is 48.5 Å². The van der Waals surface area contributed by atoms with Crippen molar-refractivity contribution in [2.75, 3.05) is 6.54 Å². The zero-order valence-corrected chi connectivity index (χ0v) is 15.1. The Bertz CT molecular complexity index is 760. The first-order valence-corrected chi connectivity index (χ1v) is 8.91. The van der Waals surface area contributed by atoms with E-state index in [9.17, 15) is 9.90 Å². The number of hydrogen-bond acceptors (Lipinski definition) is 4. The summed E-state index contributed by atoms with van der Waals surface area (Å²) in [5, 5.41) is 21.9. The highest BCUT2D eigenvalue weighted by atomic mass is 16.5. The molecule has 0 aromatic heterocycles.